The van der Waals surface area contributed by atoms with Crippen molar-refractivity contribution >= 4 is 16.6 Å². The molecule has 1 unspecified atom stereocenters. The van der Waals surface area contributed by atoms with Gasteiger partial charge in [-0.25, -0.2) is 9.97 Å². The van der Waals surface area contributed by atoms with Gasteiger partial charge in [-0.05, 0) is 26.0 Å². The molecular formula is C14H18N4O2. The van der Waals surface area contributed by atoms with Crippen molar-refractivity contribution < 1.29 is 4.92 Å². The van der Waals surface area contributed by atoms with Gasteiger partial charge in [0.2, 0.25) is 0 Å². The lowest BCUT2D eigenvalue weighted by Gasteiger charge is -2.13. The van der Waals surface area contributed by atoms with Gasteiger partial charge in [-0.1, -0.05) is 6.92 Å². The molecule has 1 N–H and O–H groups in total. The molecule has 0 aliphatic heterocycles. The topological polar surface area (TPSA) is 81.0 Å². The first-order valence-corrected chi connectivity index (χ1v) is 6.73. The Morgan fingerprint density at radius 2 is 2.20 bits per heavy atom. The summed E-state index contributed by atoms with van der Waals surface area (Å²) in [6.45, 7) is 5.15. The highest BCUT2D eigenvalue weighted by Gasteiger charge is 2.12. The van der Waals surface area contributed by atoms with Crippen molar-refractivity contribution in [1.82, 2.24) is 15.3 Å². The van der Waals surface area contributed by atoms with Crippen molar-refractivity contribution in [3.8, 4) is 0 Å². The third kappa shape index (κ3) is 3.27. The Kier molecular flexibility index (Phi) is 4.57. The number of nitro groups is 1. The van der Waals surface area contributed by atoms with Crippen LogP contribution in [0, 0.1) is 10.1 Å². The molecule has 0 aliphatic rings. The fraction of sp³-hybridized carbons (Fsp3) is 0.429. The van der Waals surface area contributed by atoms with Crippen LogP contribution in [0.5, 0.6) is 0 Å². The molecule has 0 spiro atoms. The normalized spacial score (nSPS) is 12.5. The summed E-state index contributed by atoms with van der Waals surface area (Å²) in [5.41, 5.74) is 1.65. The summed E-state index contributed by atoms with van der Waals surface area (Å²) < 4.78 is 0. The lowest BCUT2D eigenvalue weighted by Crippen LogP contribution is -2.29. The van der Waals surface area contributed by atoms with E-state index in [-0.39, 0.29) is 11.7 Å². The minimum atomic E-state index is -0.394. The number of fused-ring (bicyclic) bond motifs is 1. The summed E-state index contributed by atoms with van der Waals surface area (Å²) >= 11 is 0. The quantitative estimate of drug-likeness (QED) is 0.646. The molecule has 6 heteroatoms. The van der Waals surface area contributed by atoms with E-state index < -0.39 is 4.92 Å². The van der Waals surface area contributed by atoms with E-state index in [2.05, 4.69) is 29.1 Å². The molecule has 1 atom stereocenters. The zero-order valence-electron chi connectivity index (χ0n) is 11.7. The fourth-order valence-electron chi connectivity index (χ4n) is 2.13. The van der Waals surface area contributed by atoms with Gasteiger partial charge in [0.25, 0.3) is 5.69 Å². The number of nitro benzene ring substituents is 1. The first kappa shape index (κ1) is 14.3. The Hall–Kier alpha value is -2.08. The maximum absolute atomic E-state index is 10.9. The van der Waals surface area contributed by atoms with E-state index in [1.165, 1.54) is 12.4 Å². The SMILES string of the molecule is CCCNC(C)Cc1ncnc2ccc([N+](=O)[O-])cc12. The van der Waals surface area contributed by atoms with Crippen LogP contribution in [0.1, 0.15) is 26.0 Å². The molecule has 2 aromatic rings. The molecule has 1 aromatic heterocycles. The number of rotatable bonds is 6. The van der Waals surface area contributed by atoms with E-state index in [0.29, 0.717) is 0 Å². The van der Waals surface area contributed by atoms with Crippen LogP contribution in [-0.2, 0) is 6.42 Å². The van der Waals surface area contributed by atoms with Crippen molar-refractivity contribution in [2.24, 2.45) is 0 Å². The van der Waals surface area contributed by atoms with E-state index >= 15 is 0 Å². The standard InChI is InChI=1S/C14H18N4O2/c1-3-6-15-10(2)7-14-12-8-11(18(19)20)4-5-13(12)16-9-17-14/h4-5,8-10,15H,3,6-7H2,1-2H3. The van der Waals surface area contributed by atoms with Gasteiger partial charge in [-0.15, -0.1) is 0 Å². The van der Waals surface area contributed by atoms with E-state index in [9.17, 15) is 10.1 Å². The first-order valence-electron chi connectivity index (χ1n) is 6.73. The van der Waals surface area contributed by atoms with Crippen LogP contribution >= 0.6 is 0 Å². The number of hydrogen-bond donors (Lipinski definition) is 1. The van der Waals surface area contributed by atoms with Crippen LogP contribution in [-0.4, -0.2) is 27.5 Å². The summed E-state index contributed by atoms with van der Waals surface area (Å²) in [4.78, 5) is 18.9. The molecule has 0 saturated carbocycles. The Balaban J connectivity index is 2.32. The molecule has 1 aromatic carbocycles. The fourth-order valence-corrected chi connectivity index (χ4v) is 2.13. The smallest absolute Gasteiger partial charge is 0.270 e. The molecular weight excluding hydrogens is 256 g/mol. The predicted octanol–water partition coefficient (Wildman–Crippen LogP) is 2.47. The number of non-ortho nitro benzene ring substituents is 1. The van der Waals surface area contributed by atoms with Crippen molar-refractivity contribution in [3.63, 3.8) is 0 Å². The summed E-state index contributed by atoms with van der Waals surface area (Å²) in [6, 6.07) is 4.96. The molecule has 0 amide bonds. The second kappa shape index (κ2) is 6.38. The average molecular weight is 274 g/mol. The summed E-state index contributed by atoms with van der Waals surface area (Å²) in [5.74, 6) is 0. The molecule has 1 heterocycles. The van der Waals surface area contributed by atoms with Crippen LogP contribution in [0.25, 0.3) is 10.9 Å². The number of benzene rings is 1. The van der Waals surface area contributed by atoms with Gasteiger partial charge < -0.3 is 5.32 Å². The van der Waals surface area contributed by atoms with E-state index in [1.807, 2.05) is 0 Å². The zero-order valence-corrected chi connectivity index (χ0v) is 11.7. The van der Waals surface area contributed by atoms with Crippen LogP contribution in [0.3, 0.4) is 0 Å². The van der Waals surface area contributed by atoms with Crippen LogP contribution in [0.2, 0.25) is 0 Å². The number of aromatic nitrogens is 2. The van der Waals surface area contributed by atoms with Crippen molar-refractivity contribution in [2.75, 3.05) is 6.54 Å². The van der Waals surface area contributed by atoms with E-state index in [0.717, 1.165) is 36.0 Å². The maximum atomic E-state index is 10.9. The number of nitrogens with zero attached hydrogens (tertiary/aromatic N) is 3. The Labute approximate surface area is 117 Å². The van der Waals surface area contributed by atoms with Gasteiger partial charge in [0.05, 0.1) is 16.1 Å². The van der Waals surface area contributed by atoms with Crippen LogP contribution in [0.15, 0.2) is 24.5 Å². The lowest BCUT2D eigenvalue weighted by atomic mass is 10.1. The van der Waals surface area contributed by atoms with Crippen LogP contribution < -0.4 is 5.32 Å². The maximum Gasteiger partial charge on any atom is 0.270 e. The monoisotopic (exact) mass is 274 g/mol. The van der Waals surface area contributed by atoms with Gasteiger partial charge in [-0.3, -0.25) is 10.1 Å². The van der Waals surface area contributed by atoms with Crippen molar-refractivity contribution in [2.45, 2.75) is 32.7 Å². The molecule has 0 bridgehead atoms. The average Bonchev–Trinajstić information content (AvgIpc) is 2.45. The molecule has 20 heavy (non-hydrogen) atoms. The largest absolute Gasteiger partial charge is 0.314 e. The molecule has 2 rings (SSSR count). The molecule has 0 aliphatic carbocycles. The number of nitrogens with one attached hydrogen (secondary N) is 1. The highest BCUT2D eigenvalue weighted by molar-refractivity contribution is 5.83. The van der Waals surface area contributed by atoms with Gasteiger partial charge in [0, 0.05) is 30.0 Å². The number of hydrogen-bond acceptors (Lipinski definition) is 5. The first-order chi connectivity index (χ1) is 9.61. The second-order valence-electron chi connectivity index (χ2n) is 4.84. The highest BCUT2D eigenvalue weighted by atomic mass is 16.6. The third-order valence-corrected chi connectivity index (χ3v) is 3.15. The molecule has 106 valence electrons. The summed E-state index contributed by atoms with van der Waals surface area (Å²) in [7, 11) is 0. The van der Waals surface area contributed by atoms with Gasteiger partial charge in [-0.2, -0.15) is 0 Å². The third-order valence-electron chi connectivity index (χ3n) is 3.15. The molecule has 0 radical (unpaired) electrons. The Morgan fingerprint density at radius 3 is 2.90 bits per heavy atom. The second-order valence-corrected chi connectivity index (χ2v) is 4.84. The lowest BCUT2D eigenvalue weighted by molar-refractivity contribution is -0.384. The van der Waals surface area contributed by atoms with Gasteiger partial charge in [0.15, 0.2) is 0 Å². The Morgan fingerprint density at radius 1 is 1.40 bits per heavy atom. The minimum Gasteiger partial charge on any atom is -0.314 e. The molecule has 0 fully saturated rings. The Bertz CT molecular complexity index is 615. The zero-order chi connectivity index (χ0) is 14.5. The minimum absolute atomic E-state index is 0.0720. The molecule has 0 saturated heterocycles. The predicted molar refractivity (Wildman–Crippen MR) is 77.7 cm³/mol. The summed E-state index contributed by atoms with van der Waals surface area (Å²) in [5, 5.41) is 15.0. The van der Waals surface area contributed by atoms with Gasteiger partial charge in [0.1, 0.15) is 6.33 Å². The van der Waals surface area contributed by atoms with Gasteiger partial charge >= 0.3 is 0 Å². The van der Waals surface area contributed by atoms with Crippen LogP contribution in [0.4, 0.5) is 5.69 Å². The van der Waals surface area contributed by atoms with E-state index in [1.54, 1.807) is 12.1 Å². The highest BCUT2D eigenvalue weighted by Crippen LogP contribution is 2.22. The van der Waals surface area contributed by atoms with Crippen molar-refractivity contribution in [1.29, 1.82) is 0 Å². The molecule has 6 nitrogen and oxygen atoms in total. The van der Waals surface area contributed by atoms with E-state index in [4.69, 9.17) is 0 Å². The summed E-state index contributed by atoms with van der Waals surface area (Å²) in [6.07, 6.45) is 3.30. The van der Waals surface area contributed by atoms with Crippen molar-refractivity contribution in [3.05, 3.63) is 40.3 Å².